The van der Waals surface area contributed by atoms with Crippen LogP contribution >= 0.6 is 0 Å². The van der Waals surface area contributed by atoms with Crippen LogP contribution in [0.5, 0.6) is 5.75 Å². The van der Waals surface area contributed by atoms with E-state index in [1.807, 2.05) is 49.4 Å². The Kier molecular flexibility index (Phi) is 6.79. The van der Waals surface area contributed by atoms with Crippen molar-refractivity contribution in [2.75, 3.05) is 0 Å². The molecule has 2 aromatic rings. The molecule has 0 aliphatic heterocycles. The minimum atomic E-state index is -0.747. The highest BCUT2D eigenvalue weighted by Gasteiger charge is 2.18. The molecule has 4 heteroatoms. The Morgan fingerprint density at radius 2 is 2.00 bits per heavy atom. The molecule has 0 radical (unpaired) electrons. The summed E-state index contributed by atoms with van der Waals surface area (Å²) in [6.45, 7) is 5.45. The van der Waals surface area contributed by atoms with E-state index in [4.69, 9.17) is 9.47 Å². The molecule has 2 aromatic carbocycles. The molecular formula is C21H21NO3. The van der Waals surface area contributed by atoms with Gasteiger partial charge in [-0.2, -0.15) is 5.26 Å². The third kappa shape index (κ3) is 4.95. The van der Waals surface area contributed by atoms with E-state index < -0.39 is 12.3 Å². The van der Waals surface area contributed by atoms with Gasteiger partial charge in [0.25, 0.3) is 0 Å². The van der Waals surface area contributed by atoms with E-state index in [2.05, 4.69) is 12.6 Å². The van der Waals surface area contributed by atoms with Crippen molar-refractivity contribution < 1.29 is 14.3 Å². The fraction of sp³-hybridized carbons (Fsp3) is 0.238. The van der Waals surface area contributed by atoms with E-state index in [0.717, 1.165) is 30.0 Å². The predicted octanol–water partition coefficient (Wildman–Crippen LogP) is 4.85. The lowest BCUT2D eigenvalue weighted by molar-refractivity contribution is -0.158. The van der Waals surface area contributed by atoms with Crippen molar-refractivity contribution in [3.63, 3.8) is 0 Å². The molecule has 1 unspecified atom stereocenters. The van der Waals surface area contributed by atoms with Crippen LogP contribution in [0.25, 0.3) is 11.1 Å². The molecule has 1 atom stereocenters. The van der Waals surface area contributed by atoms with Crippen LogP contribution in [0.3, 0.4) is 0 Å². The second-order valence-corrected chi connectivity index (χ2v) is 5.49. The molecule has 0 aliphatic carbocycles. The number of nitriles is 1. The van der Waals surface area contributed by atoms with Crippen molar-refractivity contribution >= 4 is 5.97 Å². The molecule has 0 N–H and O–H groups in total. The summed E-state index contributed by atoms with van der Waals surface area (Å²) in [5.74, 6) is -0.138. The molecule has 0 aliphatic rings. The summed E-state index contributed by atoms with van der Waals surface area (Å²) >= 11 is 0. The highest BCUT2D eigenvalue weighted by Crippen LogP contribution is 2.31. The lowest BCUT2D eigenvalue weighted by Crippen LogP contribution is -2.23. The van der Waals surface area contributed by atoms with Gasteiger partial charge >= 0.3 is 5.97 Å². The molecule has 0 aromatic heterocycles. The molecule has 0 saturated heterocycles. The van der Waals surface area contributed by atoms with Crippen molar-refractivity contribution in [1.82, 2.24) is 0 Å². The maximum absolute atomic E-state index is 11.5. The highest BCUT2D eigenvalue weighted by atomic mass is 16.7. The first-order valence-corrected chi connectivity index (χ1v) is 8.27. The van der Waals surface area contributed by atoms with Crippen molar-refractivity contribution in [3.05, 3.63) is 66.7 Å². The van der Waals surface area contributed by atoms with E-state index in [-0.39, 0.29) is 0 Å². The first-order valence-electron chi connectivity index (χ1n) is 8.27. The Hall–Kier alpha value is -3.06. The molecule has 25 heavy (non-hydrogen) atoms. The van der Waals surface area contributed by atoms with Gasteiger partial charge in [0.05, 0.1) is 0 Å². The van der Waals surface area contributed by atoms with Crippen LogP contribution in [0.2, 0.25) is 0 Å². The van der Waals surface area contributed by atoms with Crippen molar-refractivity contribution in [1.29, 1.82) is 5.26 Å². The van der Waals surface area contributed by atoms with E-state index in [0.29, 0.717) is 17.7 Å². The maximum atomic E-state index is 11.5. The quantitative estimate of drug-likeness (QED) is 0.393. The Morgan fingerprint density at radius 1 is 1.24 bits per heavy atom. The molecule has 2 rings (SSSR count). The number of carbonyl (C=O) groups is 1. The number of rotatable bonds is 8. The van der Waals surface area contributed by atoms with Crippen LogP contribution in [0.15, 0.2) is 61.2 Å². The Bertz CT molecular complexity index is 762. The monoisotopic (exact) mass is 335 g/mol. The average molecular weight is 335 g/mol. The molecule has 0 spiro atoms. The summed E-state index contributed by atoms with van der Waals surface area (Å²) < 4.78 is 11.1. The van der Waals surface area contributed by atoms with Crippen LogP contribution in [0.1, 0.15) is 31.7 Å². The number of carbonyl (C=O) groups excluding carboxylic acids is 1. The van der Waals surface area contributed by atoms with Crippen molar-refractivity contribution in [2.45, 2.75) is 32.5 Å². The molecule has 4 nitrogen and oxygen atoms in total. The van der Waals surface area contributed by atoms with Gasteiger partial charge in [-0.15, -0.1) is 0 Å². The van der Waals surface area contributed by atoms with Gasteiger partial charge in [0.15, 0.2) is 0 Å². The van der Waals surface area contributed by atoms with Crippen LogP contribution in [0.4, 0.5) is 0 Å². The lowest BCUT2D eigenvalue weighted by atomic mass is 10.00. The normalized spacial score (nSPS) is 11.2. The zero-order valence-electron chi connectivity index (χ0n) is 14.3. The SMILES string of the molecule is C=CC(=O)OC(CCCC)Oc1cccc(-c2ccccc2)c1C#N. The topological polar surface area (TPSA) is 59.3 Å². The van der Waals surface area contributed by atoms with E-state index in [1.54, 1.807) is 6.07 Å². The van der Waals surface area contributed by atoms with Crippen molar-refractivity contribution in [2.24, 2.45) is 0 Å². The minimum absolute atomic E-state index is 0.404. The highest BCUT2D eigenvalue weighted by molar-refractivity contribution is 5.81. The van der Waals surface area contributed by atoms with Crippen LogP contribution < -0.4 is 4.74 Å². The summed E-state index contributed by atoms with van der Waals surface area (Å²) in [5.41, 5.74) is 2.13. The smallest absolute Gasteiger partial charge is 0.333 e. The number of nitrogens with zero attached hydrogens (tertiary/aromatic N) is 1. The van der Waals surface area contributed by atoms with Gasteiger partial charge in [-0.25, -0.2) is 4.79 Å². The molecule has 0 heterocycles. The number of benzene rings is 2. The third-order valence-corrected chi connectivity index (χ3v) is 3.69. The fourth-order valence-corrected chi connectivity index (χ4v) is 2.43. The minimum Gasteiger partial charge on any atom is -0.453 e. The number of esters is 1. The second kappa shape index (κ2) is 9.29. The van der Waals surface area contributed by atoms with E-state index in [1.165, 1.54) is 0 Å². The Balaban J connectivity index is 2.32. The molecule has 0 bridgehead atoms. The van der Waals surface area contributed by atoms with Gasteiger partial charge in [0.2, 0.25) is 6.29 Å². The van der Waals surface area contributed by atoms with E-state index >= 15 is 0 Å². The van der Waals surface area contributed by atoms with E-state index in [9.17, 15) is 10.1 Å². The zero-order valence-corrected chi connectivity index (χ0v) is 14.3. The first-order chi connectivity index (χ1) is 12.2. The van der Waals surface area contributed by atoms with Crippen LogP contribution in [-0.2, 0) is 9.53 Å². The number of hydrogen-bond acceptors (Lipinski definition) is 4. The average Bonchev–Trinajstić information content (AvgIpc) is 2.66. The molecule has 0 fully saturated rings. The third-order valence-electron chi connectivity index (χ3n) is 3.69. The largest absolute Gasteiger partial charge is 0.453 e. The van der Waals surface area contributed by atoms with Crippen molar-refractivity contribution in [3.8, 4) is 22.9 Å². The number of ether oxygens (including phenoxy) is 2. The lowest BCUT2D eigenvalue weighted by Gasteiger charge is -2.20. The standard InChI is InChI=1S/C21H21NO3/c1-3-5-14-21(25-20(23)4-2)24-19-13-9-12-17(18(19)15-22)16-10-7-6-8-11-16/h4,6-13,21H,2-3,5,14H2,1H3. The zero-order chi connectivity index (χ0) is 18.1. The second-order valence-electron chi connectivity index (χ2n) is 5.49. The molecular weight excluding hydrogens is 314 g/mol. The summed E-state index contributed by atoms with van der Waals surface area (Å²) in [7, 11) is 0. The van der Waals surface area contributed by atoms with Gasteiger partial charge in [-0.3, -0.25) is 0 Å². The van der Waals surface area contributed by atoms with Gasteiger partial charge in [0, 0.05) is 18.1 Å². The molecule has 0 saturated carbocycles. The first kappa shape index (κ1) is 18.3. The van der Waals surface area contributed by atoms with Gasteiger partial charge in [0.1, 0.15) is 17.4 Å². The number of hydrogen-bond donors (Lipinski definition) is 0. The van der Waals surface area contributed by atoms with Crippen LogP contribution in [-0.4, -0.2) is 12.3 Å². The van der Waals surface area contributed by atoms with Gasteiger partial charge in [-0.05, 0) is 18.1 Å². The predicted molar refractivity (Wildman–Crippen MR) is 96.8 cm³/mol. The molecule has 128 valence electrons. The Morgan fingerprint density at radius 3 is 2.64 bits per heavy atom. The summed E-state index contributed by atoms with van der Waals surface area (Å²) in [4.78, 5) is 11.5. The summed E-state index contributed by atoms with van der Waals surface area (Å²) in [6, 6.07) is 17.2. The van der Waals surface area contributed by atoms with Crippen LogP contribution in [0, 0.1) is 11.3 Å². The van der Waals surface area contributed by atoms with Gasteiger partial charge in [-0.1, -0.05) is 62.4 Å². The summed E-state index contributed by atoms with van der Waals surface area (Å²) in [5, 5.41) is 9.62. The molecule has 0 amide bonds. The maximum Gasteiger partial charge on any atom is 0.333 e. The summed E-state index contributed by atoms with van der Waals surface area (Å²) in [6.07, 6.45) is 2.70. The van der Waals surface area contributed by atoms with Gasteiger partial charge < -0.3 is 9.47 Å². The fourth-order valence-electron chi connectivity index (χ4n) is 2.43. The number of unbranched alkanes of at least 4 members (excludes halogenated alkanes) is 1. The Labute approximate surface area is 148 Å².